The molecule has 0 unspecified atom stereocenters. The Hall–Kier alpha value is -4.64. The van der Waals surface area contributed by atoms with Crippen molar-refractivity contribution in [2.45, 2.75) is 13.8 Å². The second-order valence-corrected chi connectivity index (χ2v) is 10.2. The summed E-state index contributed by atoms with van der Waals surface area (Å²) in [5.74, 6) is -0.0625. The fourth-order valence-electron chi connectivity index (χ4n) is 5.86. The molecule has 0 bridgehead atoms. The van der Waals surface area contributed by atoms with E-state index in [0.29, 0.717) is 0 Å². The Morgan fingerprint density at radius 3 is 1.95 bits per heavy atom. The first-order valence-corrected chi connectivity index (χ1v) is 13.6. The van der Waals surface area contributed by atoms with E-state index in [1.807, 2.05) is 0 Å². The number of aliphatic hydroxyl groups is 1. The van der Waals surface area contributed by atoms with Crippen molar-refractivity contribution in [3.63, 3.8) is 0 Å². The van der Waals surface area contributed by atoms with Gasteiger partial charge in [-0.1, -0.05) is 83.2 Å². The Labute approximate surface area is 257 Å². The summed E-state index contributed by atoms with van der Waals surface area (Å²) < 4.78 is 2.40. The van der Waals surface area contributed by atoms with E-state index in [2.05, 4.69) is 136 Å². The standard InChI is InChI=1S/C31H19N3.C5H8O2.Ir/c1-2-10-21(11-3-1)32-20-33(30-17-9-8-16-29(30)32)22-18-25-23-12-4-6-14-27(23)34-28-15-7-5-13-24(28)26(19-22)31(25)34;1-4(6)3-5(2)7;/h1-18,20H;3,6H,1-2H3;/q-2;;/b;4-3-;. The molecule has 209 valence electrons. The molecule has 2 aromatic heterocycles. The van der Waals surface area contributed by atoms with Crippen molar-refractivity contribution >= 4 is 66.6 Å². The molecule has 1 N–H and O–H groups in total. The van der Waals surface area contributed by atoms with Crippen LogP contribution in [0.2, 0.25) is 0 Å². The van der Waals surface area contributed by atoms with Gasteiger partial charge >= 0.3 is 0 Å². The normalized spacial score (nSPS) is 13.0. The molecular formula is C36H27IrN3O2-2. The third kappa shape index (κ3) is 4.50. The van der Waals surface area contributed by atoms with Crippen LogP contribution in [-0.2, 0) is 24.9 Å². The summed E-state index contributed by atoms with van der Waals surface area (Å²) in [7, 11) is 0. The number of rotatable bonds is 3. The van der Waals surface area contributed by atoms with Crippen LogP contribution in [-0.4, -0.2) is 15.3 Å². The molecule has 0 spiro atoms. The maximum absolute atomic E-state index is 10.0. The van der Waals surface area contributed by atoms with E-state index in [-0.39, 0.29) is 31.6 Å². The number of aromatic nitrogens is 1. The molecule has 1 aliphatic heterocycles. The minimum atomic E-state index is -0.125. The molecule has 1 aliphatic rings. The van der Waals surface area contributed by atoms with Crippen molar-refractivity contribution in [1.82, 2.24) is 4.40 Å². The zero-order valence-electron chi connectivity index (χ0n) is 23.1. The van der Waals surface area contributed by atoms with Gasteiger partial charge in [-0.15, -0.1) is 24.2 Å². The summed E-state index contributed by atoms with van der Waals surface area (Å²) >= 11 is 0. The van der Waals surface area contributed by atoms with E-state index in [9.17, 15) is 4.79 Å². The number of allylic oxidation sites excluding steroid dienone is 2. The quantitative estimate of drug-likeness (QED) is 0.112. The molecule has 0 fully saturated rings. The summed E-state index contributed by atoms with van der Waals surface area (Å²) in [6.07, 6.45) is 1.17. The fraction of sp³-hybridized carbons (Fsp3) is 0.0556. The molecule has 0 saturated carbocycles. The molecule has 5 aromatic carbocycles. The van der Waals surface area contributed by atoms with Crippen molar-refractivity contribution in [1.29, 1.82) is 0 Å². The van der Waals surface area contributed by atoms with Crippen molar-refractivity contribution in [3.8, 4) is 0 Å². The molecule has 7 aromatic rings. The zero-order valence-corrected chi connectivity index (χ0v) is 25.5. The number of nitrogens with zero attached hydrogens (tertiary/aromatic N) is 3. The first-order chi connectivity index (χ1) is 20.0. The van der Waals surface area contributed by atoms with Crippen LogP contribution in [0.25, 0.3) is 38.1 Å². The van der Waals surface area contributed by atoms with Crippen LogP contribution in [0.3, 0.4) is 0 Å². The summed E-state index contributed by atoms with van der Waals surface area (Å²) in [6, 6.07) is 42.5. The number of hydrogen-bond acceptors (Lipinski definition) is 4. The van der Waals surface area contributed by atoms with Gasteiger partial charge in [0.05, 0.1) is 5.76 Å². The Bertz CT molecular complexity index is 2010. The van der Waals surface area contributed by atoms with E-state index in [1.54, 1.807) is 0 Å². The van der Waals surface area contributed by atoms with Gasteiger partial charge < -0.3 is 19.3 Å². The van der Waals surface area contributed by atoms with Crippen molar-refractivity contribution in [3.05, 3.63) is 134 Å². The van der Waals surface area contributed by atoms with Gasteiger partial charge in [-0.3, -0.25) is 4.79 Å². The summed E-state index contributed by atoms with van der Waals surface area (Å²) in [5.41, 5.74) is 8.24. The zero-order chi connectivity index (χ0) is 28.1. The number of carbonyl (C=O) groups excluding carboxylic acids is 1. The second kappa shape index (κ2) is 11.0. The van der Waals surface area contributed by atoms with Crippen molar-refractivity contribution in [2.75, 3.05) is 9.80 Å². The van der Waals surface area contributed by atoms with Crippen LogP contribution in [0.1, 0.15) is 13.8 Å². The van der Waals surface area contributed by atoms with Gasteiger partial charge in [0.15, 0.2) is 5.78 Å². The van der Waals surface area contributed by atoms with Gasteiger partial charge in [0.2, 0.25) is 0 Å². The maximum atomic E-state index is 10.0. The van der Waals surface area contributed by atoms with Gasteiger partial charge in [0, 0.05) is 54.3 Å². The molecule has 3 heterocycles. The number of hydrogen-bond donors (Lipinski definition) is 1. The first kappa shape index (κ1) is 27.5. The van der Waals surface area contributed by atoms with E-state index in [0.717, 1.165) is 17.1 Å². The molecule has 0 aliphatic carbocycles. The number of fused-ring (bicyclic) bond motifs is 7. The molecule has 5 nitrogen and oxygen atoms in total. The minimum absolute atomic E-state index is 0. The first-order valence-electron chi connectivity index (χ1n) is 13.6. The number of benzene rings is 5. The molecular weight excluding hydrogens is 699 g/mol. The fourth-order valence-corrected chi connectivity index (χ4v) is 5.86. The van der Waals surface area contributed by atoms with Crippen molar-refractivity contribution < 1.29 is 30.0 Å². The van der Waals surface area contributed by atoms with Gasteiger partial charge in [0.1, 0.15) is 0 Å². The topological polar surface area (TPSA) is 48.2 Å². The van der Waals surface area contributed by atoms with Crippen LogP contribution in [0.15, 0.2) is 121 Å². The number of aliphatic hydroxyl groups excluding tert-OH is 1. The van der Waals surface area contributed by atoms with Crippen LogP contribution in [0, 0.1) is 12.7 Å². The predicted molar refractivity (Wildman–Crippen MR) is 168 cm³/mol. The molecule has 0 atom stereocenters. The number of ketones is 1. The van der Waals surface area contributed by atoms with E-state index in [4.69, 9.17) is 5.11 Å². The molecule has 6 heteroatoms. The summed E-state index contributed by atoms with van der Waals surface area (Å²) in [5, 5.41) is 13.3. The van der Waals surface area contributed by atoms with Crippen molar-refractivity contribution in [2.24, 2.45) is 0 Å². The smallest absolute Gasteiger partial charge is 0.155 e. The molecule has 8 rings (SSSR count). The Kier molecular flexibility index (Phi) is 7.19. The van der Waals surface area contributed by atoms with Crippen LogP contribution < -0.4 is 9.80 Å². The molecule has 42 heavy (non-hydrogen) atoms. The average molecular weight is 726 g/mol. The van der Waals surface area contributed by atoms with E-state index < -0.39 is 0 Å². The molecule has 0 amide bonds. The summed E-state index contributed by atoms with van der Waals surface area (Å²) in [4.78, 5) is 14.5. The Morgan fingerprint density at radius 1 is 0.738 bits per heavy atom. The maximum Gasteiger partial charge on any atom is 0.155 e. The second-order valence-electron chi connectivity index (χ2n) is 10.2. The summed E-state index contributed by atoms with van der Waals surface area (Å²) in [6.45, 7) is 5.03. The van der Waals surface area contributed by atoms with Gasteiger partial charge in [-0.25, -0.2) is 0 Å². The minimum Gasteiger partial charge on any atom is -0.512 e. The third-order valence-electron chi connectivity index (χ3n) is 7.44. The van der Waals surface area contributed by atoms with Crippen LogP contribution >= 0.6 is 0 Å². The van der Waals surface area contributed by atoms with E-state index in [1.165, 1.54) is 63.7 Å². The Morgan fingerprint density at radius 2 is 1.31 bits per heavy atom. The largest absolute Gasteiger partial charge is 0.512 e. The predicted octanol–water partition coefficient (Wildman–Crippen LogP) is 9.08. The van der Waals surface area contributed by atoms with Crippen LogP contribution in [0.4, 0.5) is 22.7 Å². The van der Waals surface area contributed by atoms with Gasteiger partial charge in [-0.05, 0) is 61.1 Å². The van der Waals surface area contributed by atoms with Crippen LogP contribution in [0.5, 0.6) is 0 Å². The number of carbonyl (C=O) groups is 1. The number of anilines is 4. The molecule has 0 saturated heterocycles. The Balaban J connectivity index is 0.000000356. The van der Waals surface area contributed by atoms with E-state index >= 15 is 0 Å². The average Bonchev–Trinajstić information content (AvgIpc) is 3.64. The number of para-hydroxylation sites is 5. The monoisotopic (exact) mass is 726 g/mol. The van der Waals surface area contributed by atoms with Gasteiger partial charge in [0.25, 0.3) is 0 Å². The third-order valence-corrected chi connectivity index (χ3v) is 7.44. The van der Waals surface area contributed by atoms with Gasteiger partial charge in [-0.2, -0.15) is 0 Å². The molecule has 1 radical (unpaired) electrons. The SMILES string of the molecule is CC(=O)/C=C(/C)O.[Ir].[c-]1c(N2[CH-]N(c3ccccc3)c3ccccc32)cc2c3ccccc3n3c4ccccc4c1c23.